The Bertz CT molecular complexity index is 1170. The minimum atomic E-state index is 0.383. The molecule has 0 bridgehead atoms. The lowest BCUT2D eigenvalue weighted by atomic mass is 9.90. The summed E-state index contributed by atoms with van der Waals surface area (Å²) >= 11 is 1.61. The highest BCUT2D eigenvalue weighted by Gasteiger charge is 2.21. The number of ether oxygens (including phenoxy) is 1. The molecule has 0 atom stereocenters. The highest BCUT2D eigenvalue weighted by molar-refractivity contribution is 7.17. The van der Waals surface area contributed by atoms with E-state index in [2.05, 4.69) is 23.2 Å². The zero-order valence-corrected chi connectivity index (χ0v) is 15.1. The van der Waals surface area contributed by atoms with E-state index in [4.69, 9.17) is 9.72 Å². The number of benzene rings is 2. The number of hydrogen-bond acceptors (Lipinski definition) is 5. The second-order valence-corrected chi connectivity index (χ2v) is 7.38. The zero-order valence-electron chi connectivity index (χ0n) is 14.3. The molecule has 0 N–H and O–H groups in total. The second kappa shape index (κ2) is 5.88. The van der Waals surface area contributed by atoms with Gasteiger partial charge in [0, 0.05) is 35.6 Å². The minimum Gasteiger partial charge on any atom is -0.493 e. The highest BCUT2D eigenvalue weighted by atomic mass is 32.1. The van der Waals surface area contributed by atoms with E-state index in [9.17, 15) is 4.79 Å². The van der Waals surface area contributed by atoms with Gasteiger partial charge in [-0.25, -0.2) is 4.98 Å². The smallest absolute Gasteiger partial charge is 0.129 e. The van der Waals surface area contributed by atoms with Crippen molar-refractivity contribution in [1.82, 2.24) is 9.97 Å². The molecular weight excluding hydrogens is 344 g/mol. The Kier molecular flexibility index (Phi) is 3.50. The first kappa shape index (κ1) is 15.5. The Morgan fingerprint density at radius 2 is 2.19 bits per heavy atom. The van der Waals surface area contributed by atoms with Crippen LogP contribution in [0.4, 0.5) is 0 Å². The lowest BCUT2D eigenvalue weighted by molar-refractivity contribution is -0.107. The molecule has 2 aromatic heterocycles. The summed E-state index contributed by atoms with van der Waals surface area (Å²) in [5, 5.41) is 1.09. The van der Waals surface area contributed by atoms with Crippen molar-refractivity contribution in [3.63, 3.8) is 0 Å². The normalized spacial score (nSPS) is 13.1. The van der Waals surface area contributed by atoms with Crippen molar-refractivity contribution in [1.29, 1.82) is 0 Å². The van der Waals surface area contributed by atoms with E-state index in [-0.39, 0.29) is 0 Å². The van der Waals surface area contributed by atoms with Gasteiger partial charge in [0.05, 0.1) is 27.9 Å². The third-order valence-corrected chi connectivity index (χ3v) is 5.94. The van der Waals surface area contributed by atoms with Gasteiger partial charge in [-0.3, -0.25) is 4.98 Å². The van der Waals surface area contributed by atoms with Crippen molar-refractivity contribution in [2.45, 2.75) is 19.8 Å². The van der Waals surface area contributed by atoms with Crippen molar-refractivity contribution in [3.05, 3.63) is 52.7 Å². The maximum absolute atomic E-state index is 11.4. The predicted octanol–water partition coefficient (Wildman–Crippen LogP) is 4.50. The Hall–Kier alpha value is -2.79. The summed E-state index contributed by atoms with van der Waals surface area (Å²) in [6, 6.07) is 8.24. The van der Waals surface area contributed by atoms with Crippen LogP contribution in [0, 0.1) is 6.92 Å². The highest BCUT2D eigenvalue weighted by Crippen LogP contribution is 2.42. The van der Waals surface area contributed by atoms with Gasteiger partial charge in [0.2, 0.25) is 0 Å². The van der Waals surface area contributed by atoms with Gasteiger partial charge >= 0.3 is 0 Å². The molecule has 4 nitrogen and oxygen atoms in total. The first-order valence-corrected chi connectivity index (χ1v) is 9.49. The molecule has 0 saturated carbocycles. The SMILES string of the molecule is Cc1cc2ncsc2c(-c2ccc3c4c(ccnc24)CCO3)c1CC=O. The first-order chi connectivity index (χ1) is 12.8. The number of pyridine rings is 1. The van der Waals surface area contributed by atoms with Crippen LogP contribution in [0.2, 0.25) is 0 Å². The molecular formula is C21H16N2O2S. The standard InChI is InChI=1S/C21H16N2O2S/c1-12-10-16-21(26-11-23-16)19(14(12)5-8-24)15-2-3-17-18-13(6-9-25-17)4-7-22-20(15)18/h2-4,7-8,10-11H,5-6,9H2,1H3. The van der Waals surface area contributed by atoms with Gasteiger partial charge in [-0.2, -0.15) is 0 Å². The van der Waals surface area contributed by atoms with Crippen LogP contribution in [-0.4, -0.2) is 22.9 Å². The number of hydrogen-bond donors (Lipinski definition) is 0. The van der Waals surface area contributed by atoms with E-state index in [1.807, 2.05) is 24.7 Å². The number of aryl methyl sites for hydroxylation is 1. The summed E-state index contributed by atoms with van der Waals surface area (Å²) in [5.74, 6) is 0.892. The summed E-state index contributed by atoms with van der Waals surface area (Å²) in [4.78, 5) is 20.6. The monoisotopic (exact) mass is 360 g/mol. The van der Waals surface area contributed by atoms with Crippen molar-refractivity contribution < 1.29 is 9.53 Å². The number of aromatic nitrogens is 2. The molecule has 0 radical (unpaired) electrons. The van der Waals surface area contributed by atoms with Gasteiger partial charge < -0.3 is 9.53 Å². The molecule has 4 aromatic rings. The topological polar surface area (TPSA) is 52.1 Å². The van der Waals surface area contributed by atoms with Crippen molar-refractivity contribution in [2.75, 3.05) is 6.61 Å². The van der Waals surface area contributed by atoms with Crippen molar-refractivity contribution >= 4 is 38.7 Å². The third-order valence-electron chi connectivity index (χ3n) is 5.08. The van der Waals surface area contributed by atoms with Gasteiger partial charge in [-0.1, -0.05) is 0 Å². The Balaban J connectivity index is 1.93. The number of thiazole rings is 1. The maximum Gasteiger partial charge on any atom is 0.129 e. The molecule has 0 fully saturated rings. The lowest BCUT2D eigenvalue weighted by Crippen LogP contribution is -2.09. The molecule has 2 aromatic carbocycles. The number of aldehydes is 1. The molecule has 1 aliphatic rings. The van der Waals surface area contributed by atoms with Crippen LogP contribution in [0.1, 0.15) is 16.7 Å². The lowest BCUT2D eigenvalue weighted by Gasteiger charge is -2.20. The summed E-state index contributed by atoms with van der Waals surface area (Å²) in [5.41, 5.74) is 9.30. The van der Waals surface area contributed by atoms with Crippen LogP contribution in [-0.2, 0) is 17.6 Å². The molecule has 0 aliphatic carbocycles. The first-order valence-electron chi connectivity index (χ1n) is 8.61. The average molecular weight is 360 g/mol. The molecule has 0 spiro atoms. The van der Waals surface area contributed by atoms with Gasteiger partial charge in [0.1, 0.15) is 12.0 Å². The quantitative estimate of drug-likeness (QED) is 0.505. The number of nitrogens with zero attached hydrogens (tertiary/aromatic N) is 2. The van der Waals surface area contributed by atoms with E-state index in [1.54, 1.807) is 11.3 Å². The largest absolute Gasteiger partial charge is 0.493 e. The van der Waals surface area contributed by atoms with Crippen LogP contribution < -0.4 is 4.74 Å². The predicted molar refractivity (Wildman–Crippen MR) is 104 cm³/mol. The van der Waals surface area contributed by atoms with Crippen molar-refractivity contribution in [3.8, 4) is 16.9 Å². The van der Waals surface area contributed by atoms with E-state index in [0.29, 0.717) is 13.0 Å². The maximum atomic E-state index is 11.4. The fourth-order valence-corrected chi connectivity index (χ4v) is 4.76. The summed E-state index contributed by atoms with van der Waals surface area (Å²) in [6.07, 6.45) is 4.12. The fraction of sp³-hybridized carbons (Fsp3) is 0.190. The molecule has 1 aliphatic heterocycles. The molecule has 5 heteroatoms. The Labute approximate surface area is 154 Å². The second-order valence-electron chi connectivity index (χ2n) is 6.52. The van der Waals surface area contributed by atoms with Crippen LogP contribution in [0.25, 0.3) is 32.2 Å². The third kappa shape index (κ3) is 2.17. The van der Waals surface area contributed by atoms with E-state index in [1.165, 1.54) is 5.56 Å². The number of fused-ring (bicyclic) bond motifs is 1. The molecule has 128 valence electrons. The fourth-order valence-electron chi connectivity index (χ4n) is 3.91. The zero-order chi connectivity index (χ0) is 17.7. The summed E-state index contributed by atoms with van der Waals surface area (Å²) in [6.45, 7) is 2.74. The molecule has 5 rings (SSSR count). The van der Waals surface area contributed by atoms with Crippen LogP contribution in [0.5, 0.6) is 5.75 Å². The number of rotatable bonds is 3. The van der Waals surface area contributed by atoms with E-state index < -0.39 is 0 Å². The molecule has 26 heavy (non-hydrogen) atoms. The van der Waals surface area contributed by atoms with E-state index in [0.717, 1.165) is 61.8 Å². The molecule has 0 unspecified atom stereocenters. The van der Waals surface area contributed by atoms with Crippen LogP contribution >= 0.6 is 11.3 Å². The molecule has 0 saturated heterocycles. The number of carbonyl (C=O) groups excluding carboxylic acids is 1. The Morgan fingerprint density at radius 1 is 1.27 bits per heavy atom. The van der Waals surface area contributed by atoms with Gasteiger partial charge in [-0.05, 0) is 47.9 Å². The van der Waals surface area contributed by atoms with E-state index >= 15 is 0 Å². The van der Waals surface area contributed by atoms with Crippen LogP contribution in [0.15, 0.2) is 36.0 Å². The summed E-state index contributed by atoms with van der Waals surface area (Å²) < 4.78 is 6.96. The Morgan fingerprint density at radius 3 is 3.08 bits per heavy atom. The van der Waals surface area contributed by atoms with Crippen molar-refractivity contribution in [2.24, 2.45) is 0 Å². The van der Waals surface area contributed by atoms with Gasteiger partial charge in [0.25, 0.3) is 0 Å². The molecule has 3 heterocycles. The summed E-state index contributed by atoms with van der Waals surface area (Å²) in [7, 11) is 0. The van der Waals surface area contributed by atoms with Gasteiger partial charge in [-0.15, -0.1) is 11.3 Å². The minimum absolute atomic E-state index is 0.383. The number of carbonyl (C=O) groups is 1. The van der Waals surface area contributed by atoms with Crippen LogP contribution in [0.3, 0.4) is 0 Å². The van der Waals surface area contributed by atoms with Gasteiger partial charge in [0.15, 0.2) is 0 Å². The molecule has 0 amide bonds. The average Bonchev–Trinajstić information content (AvgIpc) is 3.12.